The average molecular weight is 301 g/mol. The number of hydrogen-bond donors (Lipinski definition) is 2. The average Bonchev–Trinajstić information content (AvgIpc) is 2.55. The Morgan fingerprint density at radius 3 is 2.50 bits per heavy atom. The SMILES string of the molecule is NC(=O)c1nc(F)nc(N2CCNCC2)c1-c1ccccc1. The van der Waals surface area contributed by atoms with Crippen LogP contribution in [0.1, 0.15) is 10.5 Å². The Balaban J connectivity index is 2.20. The monoisotopic (exact) mass is 301 g/mol. The van der Waals surface area contributed by atoms with E-state index in [4.69, 9.17) is 5.73 Å². The molecule has 1 aromatic heterocycles. The number of carbonyl (C=O) groups is 1. The summed E-state index contributed by atoms with van der Waals surface area (Å²) in [6.07, 6.45) is -0.943. The molecule has 0 saturated carbocycles. The Bertz CT molecular complexity index is 686. The number of nitrogens with zero attached hydrogens (tertiary/aromatic N) is 3. The Morgan fingerprint density at radius 2 is 1.86 bits per heavy atom. The molecule has 0 aliphatic carbocycles. The predicted molar refractivity (Wildman–Crippen MR) is 81.0 cm³/mol. The van der Waals surface area contributed by atoms with Crippen molar-refractivity contribution in [3.63, 3.8) is 0 Å². The van der Waals surface area contributed by atoms with Crippen molar-refractivity contribution in [3.05, 3.63) is 42.1 Å². The van der Waals surface area contributed by atoms with Gasteiger partial charge in [-0.25, -0.2) is 0 Å². The molecule has 0 radical (unpaired) electrons. The van der Waals surface area contributed by atoms with Crippen LogP contribution in [-0.2, 0) is 0 Å². The van der Waals surface area contributed by atoms with E-state index in [2.05, 4.69) is 15.3 Å². The maximum Gasteiger partial charge on any atom is 0.311 e. The number of piperazine rings is 1. The van der Waals surface area contributed by atoms with E-state index >= 15 is 0 Å². The van der Waals surface area contributed by atoms with Gasteiger partial charge in [-0.1, -0.05) is 30.3 Å². The summed E-state index contributed by atoms with van der Waals surface area (Å²) < 4.78 is 13.8. The first-order valence-corrected chi connectivity index (χ1v) is 7.05. The molecule has 3 N–H and O–H groups in total. The van der Waals surface area contributed by atoms with Crippen LogP contribution in [0.15, 0.2) is 30.3 Å². The molecule has 3 rings (SSSR count). The zero-order valence-electron chi connectivity index (χ0n) is 11.9. The fraction of sp³-hybridized carbons (Fsp3) is 0.267. The molecule has 1 saturated heterocycles. The molecule has 7 heteroatoms. The lowest BCUT2D eigenvalue weighted by Gasteiger charge is -2.30. The highest BCUT2D eigenvalue weighted by Crippen LogP contribution is 2.31. The first-order chi connectivity index (χ1) is 10.7. The predicted octanol–water partition coefficient (Wildman–Crippen LogP) is 0.791. The van der Waals surface area contributed by atoms with Crippen LogP contribution in [0.4, 0.5) is 10.2 Å². The number of hydrogen-bond acceptors (Lipinski definition) is 5. The van der Waals surface area contributed by atoms with E-state index in [0.717, 1.165) is 18.7 Å². The van der Waals surface area contributed by atoms with Crippen molar-refractivity contribution in [1.29, 1.82) is 0 Å². The maximum atomic E-state index is 13.8. The standard InChI is InChI=1S/C15H16FN5O/c16-15-19-12(13(17)22)11(10-4-2-1-3-5-10)14(20-15)21-8-6-18-7-9-21/h1-5,18H,6-9H2,(H2,17,22). The van der Waals surface area contributed by atoms with Crippen molar-refractivity contribution in [2.45, 2.75) is 0 Å². The zero-order chi connectivity index (χ0) is 15.5. The molecule has 0 bridgehead atoms. The largest absolute Gasteiger partial charge is 0.364 e. The van der Waals surface area contributed by atoms with Gasteiger partial charge in [0, 0.05) is 26.2 Å². The van der Waals surface area contributed by atoms with Gasteiger partial charge in [-0.15, -0.1) is 0 Å². The lowest BCUT2D eigenvalue weighted by Crippen LogP contribution is -2.44. The van der Waals surface area contributed by atoms with Gasteiger partial charge in [-0.05, 0) is 5.56 Å². The van der Waals surface area contributed by atoms with Crippen LogP contribution in [0.5, 0.6) is 0 Å². The Hall–Kier alpha value is -2.54. The summed E-state index contributed by atoms with van der Waals surface area (Å²) in [6.45, 7) is 2.89. The summed E-state index contributed by atoms with van der Waals surface area (Å²) in [6, 6.07) is 9.20. The molecular weight excluding hydrogens is 285 g/mol. The fourth-order valence-electron chi connectivity index (χ4n) is 2.58. The van der Waals surface area contributed by atoms with Crippen LogP contribution >= 0.6 is 0 Å². The third-order valence-corrected chi connectivity index (χ3v) is 3.58. The first-order valence-electron chi connectivity index (χ1n) is 7.05. The van der Waals surface area contributed by atoms with Gasteiger partial charge in [0.15, 0.2) is 0 Å². The second kappa shape index (κ2) is 6.07. The molecule has 2 heterocycles. The number of amides is 1. The van der Waals surface area contributed by atoms with Crippen molar-refractivity contribution in [2.75, 3.05) is 31.1 Å². The molecule has 1 aliphatic rings. The third-order valence-electron chi connectivity index (χ3n) is 3.58. The van der Waals surface area contributed by atoms with Gasteiger partial charge in [-0.2, -0.15) is 14.4 Å². The lowest BCUT2D eigenvalue weighted by molar-refractivity contribution is 0.0995. The van der Waals surface area contributed by atoms with E-state index in [1.54, 1.807) is 0 Å². The van der Waals surface area contributed by atoms with Crippen LogP contribution in [0, 0.1) is 6.08 Å². The molecule has 0 spiro atoms. The highest BCUT2D eigenvalue weighted by Gasteiger charge is 2.24. The van der Waals surface area contributed by atoms with Crippen LogP contribution in [0.2, 0.25) is 0 Å². The number of halogens is 1. The van der Waals surface area contributed by atoms with Gasteiger partial charge < -0.3 is 16.0 Å². The van der Waals surface area contributed by atoms with E-state index in [9.17, 15) is 9.18 Å². The van der Waals surface area contributed by atoms with Crippen LogP contribution in [0.25, 0.3) is 11.1 Å². The zero-order valence-corrected chi connectivity index (χ0v) is 11.9. The van der Waals surface area contributed by atoms with E-state index in [0.29, 0.717) is 24.5 Å². The fourth-order valence-corrected chi connectivity index (χ4v) is 2.58. The summed E-state index contributed by atoms with van der Waals surface area (Å²) in [5.74, 6) is -0.356. The quantitative estimate of drug-likeness (QED) is 0.819. The van der Waals surface area contributed by atoms with Crippen molar-refractivity contribution in [3.8, 4) is 11.1 Å². The molecule has 1 fully saturated rings. The number of nitrogens with one attached hydrogen (secondary N) is 1. The van der Waals surface area contributed by atoms with Crippen LogP contribution in [-0.4, -0.2) is 42.1 Å². The summed E-state index contributed by atoms with van der Waals surface area (Å²) in [5.41, 5.74) is 6.53. The number of benzene rings is 1. The molecule has 1 aromatic carbocycles. The number of aromatic nitrogens is 2. The Labute approximate surface area is 127 Å². The summed E-state index contributed by atoms with van der Waals surface area (Å²) in [4.78, 5) is 21.2. The van der Waals surface area contributed by atoms with Crippen molar-refractivity contribution in [2.24, 2.45) is 5.73 Å². The van der Waals surface area contributed by atoms with Crippen LogP contribution < -0.4 is 16.0 Å². The van der Waals surface area contributed by atoms with E-state index in [1.165, 1.54) is 0 Å². The summed E-state index contributed by atoms with van der Waals surface area (Å²) in [7, 11) is 0. The molecular formula is C15H16FN5O. The Kier molecular flexibility index (Phi) is 3.97. The number of nitrogens with two attached hydrogens (primary N) is 1. The third kappa shape index (κ3) is 2.75. The van der Waals surface area contributed by atoms with Gasteiger partial charge in [0.25, 0.3) is 5.91 Å². The topological polar surface area (TPSA) is 84.1 Å². The van der Waals surface area contributed by atoms with Gasteiger partial charge in [0.2, 0.25) is 0 Å². The van der Waals surface area contributed by atoms with Crippen LogP contribution in [0.3, 0.4) is 0 Å². The van der Waals surface area contributed by atoms with Crippen molar-refractivity contribution in [1.82, 2.24) is 15.3 Å². The van der Waals surface area contributed by atoms with Crippen molar-refractivity contribution >= 4 is 11.7 Å². The lowest BCUT2D eigenvalue weighted by atomic mass is 10.0. The second-order valence-corrected chi connectivity index (χ2v) is 5.01. The number of primary amides is 1. The van der Waals surface area contributed by atoms with Gasteiger partial charge in [0.05, 0.1) is 5.56 Å². The smallest absolute Gasteiger partial charge is 0.311 e. The van der Waals surface area contributed by atoms with Crippen molar-refractivity contribution < 1.29 is 9.18 Å². The highest BCUT2D eigenvalue weighted by molar-refractivity contribution is 6.00. The number of carbonyl (C=O) groups excluding carboxylic acids is 1. The Morgan fingerprint density at radius 1 is 1.18 bits per heavy atom. The highest BCUT2D eigenvalue weighted by atomic mass is 19.1. The molecule has 1 aliphatic heterocycles. The minimum absolute atomic E-state index is 0.0905. The minimum atomic E-state index is -0.943. The molecule has 6 nitrogen and oxygen atoms in total. The van der Waals surface area contributed by atoms with Gasteiger partial charge in [-0.3, -0.25) is 4.79 Å². The second-order valence-electron chi connectivity index (χ2n) is 5.01. The van der Waals surface area contributed by atoms with Gasteiger partial charge in [0.1, 0.15) is 11.5 Å². The van der Waals surface area contributed by atoms with E-state index in [1.807, 2.05) is 35.2 Å². The normalized spacial score (nSPS) is 14.9. The maximum absolute atomic E-state index is 13.8. The van der Waals surface area contributed by atoms with E-state index in [-0.39, 0.29) is 5.69 Å². The molecule has 0 unspecified atom stereocenters. The summed E-state index contributed by atoms with van der Waals surface area (Å²) in [5, 5.41) is 3.23. The van der Waals surface area contributed by atoms with E-state index < -0.39 is 12.0 Å². The number of rotatable bonds is 3. The number of anilines is 1. The minimum Gasteiger partial charge on any atom is -0.364 e. The molecule has 2 aromatic rings. The molecule has 22 heavy (non-hydrogen) atoms. The molecule has 114 valence electrons. The first kappa shape index (κ1) is 14.4. The molecule has 0 atom stereocenters. The van der Waals surface area contributed by atoms with Gasteiger partial charge >= 0.3 is 6.08 Å². The molecule has 1 amide bonds. The summed E-state index contributed by atoms with van der Waals surface area (Å²) >= 11 is 0.